The summed E-state index contributed by atoms with van der Waals surface area (Å²) in [7, 11) is 0. The molecule has 0 bridgehead atoms. The van der Waals surface area contributed by atoms with Crippen LogP contribution in [0.4, 0.5) is 0 Å². The Hall–Kier alpha value is -6.16. The first kappa shape index (κ1) is 36.6. The lowest BCUT2D eigenvalue weighted by atomic mass is 9.62. The zero-order valence-corrected chi connectivity index (χ0v) is 30.2. The number of amides is 2. The zero-order chi connectivity index (χ0) is 38.4. The molecule has 53 heavy (non-hydrogen) atoms. The van der Waals surface area contributed by atoms with Gasteiger partial charge in [0.2, 0.25) is 5.91 Å². The van der Waals surface area contributed by atoms with Gasteiger partial charge in [0, 0.05) is 46.0 Å². The summed E-state index contributed by atoms with van der Waals surface area (Å²) in [4.78, 5) is 27.3. The molecule has 4 aromatic carbocycles. The van der Waals surface area contributed by atoms with Crippen LogP contribution in [0.1, 0.15) is 72.1 Å². The second-order valence-corrected chi connectivity index (χ2v) is 14.3. The van der Waals surface area contributed by atoms with Gasteiger partial charge >= 0.3 is 0 Å². The van der Waals surface area contributed by atoms with Gasteiger partial charge in [-0.15, -0.1) is 0 Å². The normalized spacial score (nSPS) is 19.6. The van der Waals surface area contributed by atoms with E-state index in [9.17, 15) is 40.2 Å². The number of aliphatic hydroxyl groups excluding tert-OH is 3. The van der Waals surface area contributed by atoms with E-state index in [0.717, 1.165) is 17.2 Å². The molecule has 0 spiro atoms. The van der Waals surface area contributed by atoms with Crippen molar-refractivity contribution >= 4 is 28.2 Å². The number of carbonyl (C=O) groups is 2. The Morgan fingerprint density at radius 1 is 0.774 bits per heavy atom. The van der Waals surface area contributed by atoms with Crippen LogP contribution in [0.2, 0.25) is 0 Å². The van der Waals surface area contributed by atoms with Crippen molar-refractivity contribution in [2.24, 2.45) is 11.3 Å². The van der Waals surface area contributed by atoms with E-state index in [1.165, 1.54) is 6.08 Å². The predicted molar refractivity (Wildman–Crippen MR) is 204 cm³/mol. The van der Waals surface area contributed by atoms with Crippen molar-refractivity contribution in [3.63, 3.8) is 0 Å². The fourth-order valence-corrected chi connectivity index (χ4v) is 7.66. The number of nitrogens with one attached hydrogen (secondary N) is 2. The molecule has 10 nitrogen and oxygen atoms in total. The molecule has 6 rings (SSSR count). The molecule has 10 heteroatoms. The highest BCUT2D eigenvalue weighted by Crippen LogP contribution is 2.55. The molecule has 274 valence electrons. The third-order valence-electron chi connectivity index (χ3n) is 10.6. The van der Waals surface area contributed by atoms with Gasteiger partial charge in [0.15, 0.2) is 17.3 Å². The molecular weight excluding hydrogens is 672 g/mol. The van der Waals surface area contributed by atoms with Crippen LogP contribution in [0, 0.1) is 18.3 Å². The smallest absolute Gasteiger partial charge is 0.255 e. The fourth-order valence-electron chi connectivity index (χ4n) is 7.66. The SMILES string of the molecule is CC1=CC2(C)C(=CC(O)=C(O)C2C(=O)NCC(C)c2ccccc2)C(O)=C1c1c(C)cc2c(C(=O)NCC(C)c3ccccc3)c(O)c(O)cc2c1O. The van der Waals surface area contributed by atoms with Gasteiger partial charge in [-0.2, -0.15) is 0 Å². The molecule has 2 aliphatic carbocycles. The Balaban J connectivity index is 1.37. The minimum absolute atomic E-state index is 0.0422. The van der Waals surface area contributed by atoms with Gasteiger partial charge in [-0.25, -0.2) is 0 Å². The Morgan fingerprint density at radius 2 is 1.34 bits per heavy atom. The topological polar surface area (TPSA) is 180 Å². The second-order valence-electron chi connectivity index (χ2n) is 14.3. The number of hydrogen-bond acceptors (Lipinski definition) is 8. The molecule has 0 heterocycles. The quantitative estimate of drug-likeness (QED) is 0.0807. The summed E-state index contributed by atoms with van der Waals surface area (Å²) in [6.07, 6.45) is 2.92. The molecule has 0 saturated carbocycles. The molecule has 0 saturated heterocycles. The van der Waals surface area contributed by atoms with E-state index < -0.39 is 46.2 Å². The average molecular weight is 717 g/mol. The van der Waals surface area contributed by atoms with Crippen molar-refractivity contribution in [2.45, 2.75) is 46.5 Å². The maximum atomic E-state index is 13.8. The van der Waals surface area contributed by atoms with E-state index in [1.54, 1.807) is 32.9 Å². The Kier molecular flexibility index (Phi) is 9.75. The fraction of sp³-hybridized carbons (Fsp3) is 0.256. The highest BCUT2D eigenvalue weighted by Gasteiger charge is 2.50. The highest BCUT2D eigenvalue weighted by molar-refractivity contribution is 6.13. The van der Waals surface area contributed by atoms with Crippen LogP contribution >= 0.6 is 0 Å². The minimum Gasteiger partial charge on any atom is -0.508 e. The number of rotatable bonds is 9. The lowest BCUT2D eigenvalue weighted by molar-refractivity contribution is -0.127. The van der Waals surface area contributed by atoms with E-state index >= 15 is 0 Å². The summed E-state index contributed by atoms with van der Waals surface area (Å²) in [5.74, 6) is -5.67. The van der Waals surface area contributed by atoms with Crippen molar-refractivity contribution in [1.82, 2.24) is 10.6 Å². The Bertz CT molecular complexity index is 2250. The first-order valence-corrected chi connectivity index (χ1v) is 17.5. The van der Waals surface area contributed by atoms with E-state index in [4.69, 9.17) is 0 Å². The van der Waals surface area contributed by atoms with Gasteiger partial charge in [-0.05, 0) is 66.2 Å². The average Bonchev–Trinajstić information content (AvgIpc) is 3.13. The van der Waals surface area contributed by atoms with E-state index in [1.807, 2.05) is 74.5 Å². The molecule has 0 aliphatic heterocycles. The summed E-state index contributed by atoms with van der Waals surface area (Å²) in [5.41, 5.74) is 1.89. The number of carbonyl (C=O) groups excluding carboxylic acids is 2. The molecule has 8 N–H and O–H groups in total. The van der Waals surface area contributed by atoms with Gasteiger partial charge in [0.05, 0.1) is 5.56 Å². The van der Waals surface area contributed by atoms with Crippen molar-refractivity contribution in [3.8, 4) is 17.2 Å². The summed E-state index contributed by atoms with van der Waals surface area (Å²) in [5, 5.41) is 73.3. The zero-order valence-electron chi connectivity index (χ0n) is 30.2. The van der Waals surface area contributed by atoms with Crippen molar-refractivity contribution in [2.75, 3.05) is 13.1 Å². The number of aromatic hydroxyl groups is 3. The lowest BCUT2D eigenvalue weighted by Gasteiger charge is -2.42. The molecular formula is C43H44N2O8. The largest absolute Gasteiger partial charge is 0.508 e. The molecule has 4 unspecified atom stereocenters. The molecule has 2 aliphatic rings. The van der Waals surface area contributed by atoms with Gasteiger partial charge < -0.3 is 41.3 Å². The number of fused-ring (bicyclic) bond motifs is 2. The molecule has 0 aromatic heterocycles. The van der Waals surface area contributed by atoms with Crippen LogP contribution in [-0.2, 0) is 4.79 Å². The van der Waals surface area contributed by atoms with E-state index in [2.05, 4.69) is 10.6 Å². The number of benzene rings is 4. The summed E-state index contributed by atoms with van der Waals surface area (Å²) < 4.78 is 0. The Labute approximate surface area is 307 Å². The second kappa shape index (κ2) is 14.1. The van der Waals surface area contributed by atoms with Crippen LogP contribution in [0.15, 0.2) is 113 Å². The monoisotopic (exact) mass is 716 g/mol. The number of phenolic OH excluding ortho intramolecular Hbond substituents is 3. The van der Waals surface area contributed by atoms with E-state index in [-0.39, 0.29) is 69.5 Å². The van der Waals surface area contributed by atoms with Crippen LogP contribution in [0.3, 0.4) is 0 Å². The molecule has 0 radical (unpaired) electrons. The maximum absolute atomic E-state index is 13.8. The van der Waals surface area contributed by atoms with Crippen molar-refractivity contribution in [1.29, 1.82) is 0 Å². The van der Waals surface area contributed by atoms with Gasteiger partial charge in [0.25, 0.3) is 5.91 Å². The number of allylic oxidation sites excluding steroid dienone is 5. The molecule has 2 amide bonds. The predicted octanol–water partition coefficient (Wildman–Crippen LogP) is 7.84. The number of hydrogen-bond donors (Lipinski definition) is 8. The number of phenols is 3. The van der Waals surface area contributed by atoms with Crippen molar-refractivity contribution in [3.05, 3.63) is 141 Å². The molecule has 0 fully saturated rings. The minimum atomic E-state index is -1.30. The standard InChI is InChI=1S/C43H44N2O8/c1-22-16-28-29(17-31(46)39(50)35(28)41(52)44-20-24(3)26-12-8-6-9-13-26)37(48)33(22)34-23(2)19-43(5)30(38(34)49)18-32(47)40(51)36(43)42(53)45-21-25(4)27-14-10-7-11-15-27/h6-19,24-25,36,46-51H,20-21H2,1-5H3,(H,44,52)(H,45,53). The summed E-state index contributed by atoms with van der Waals surface area (Å²) in [6, 6.07) is 22.0. The third-order valence-corrected chi connectivity index (χ3v) is 10.6. The molecule has 4 aromatic rings. The maximum Gasteiger partial charge on any atom is 0.255 e. The highest BCUT2D eigenvalue weighted by atomic mass is 16.3. The van der Waals surface area contributed by atoms with Crippen LogP contribution < -0.4 is 10.6 Å². The van der Waals surface area contributed by atoms with Crippen LogP contribution in [0.5, 0.6) is 17.2 Å². The first-order valence-electron chi connectivity index (χ1n) is 17.5. The van der Waals surface area contributed by atoms with Crippen LogP contribution in [0.25, 0.3) is 16.3 Å². The summed E-state index contributed by atoms with van der Waals surface area (Å²) >= 11 is 0. The van der Waals surface area contributed by atoms with Gasteiger partial charge in [-0.1, -0.05) is 87.5 Å². The van der Waals surface area contributed by atoms with Crippen molar-refractivity contribution < 1.29 is 40.2 Å². The van der Waals surface area contributed by atoms with E-state index in [0.29, 0.717) is 11.1 Å². The Morgan fingerprint density at radius 3 is 1.92 bits per heavy atom. The third kappa shape index (κ3) is 6.45. The number of aryl methyl sites for hydroxylation is 1. The molecule has 4 atom stereocenters. The number of aliphatic hydroxyl groups is 3. The van der Waals surface area contributed by atoms with Crippen LogP contribution in [-0.4, -0.2) is 55.5 Å². The lowest BCUT2D eigenvalue weighted by Crippen LogP contribution is -2.46. The van der Waals surface area contributed by atoms with Gasteiger partial charge in [-0.3, -0.25) is 9.59 Å². The summed E-state index contributed by atoms with van der Waals surface area (Å²) in [6.45, 7) is 9.45. The van der Waals surface area contributed by atoms with Gasteiger partial charge in [0.1, 0.15) is 23.2 Å². The first-order chi connectivity index (χ1) is 25.1.